The van der Waals surface area contributed by atoms with Crippen molar-refractivity contribution in [1.82, 2.24) is 0 Å². The number of nitriles is 1. The van der Waals surface area contributed by atoms with Crippen molar-refractivity contribution in [2.75, 3.05) is 6.61 Å². The highest BCUT2D eigenvalue weighted by atomic mass is 19.4. The van der Waals surface area contributed by atoms with Crippen molar-refractivity contribution in [1.29, 1.82) is 5.26 Å². The predicted octanol–water partition coefficient (Wildman–Crippen LogP) is 2.31. The highest BCUT2D eigenvalue weighted by molar-refractivity contribution is 5.46. The molecule has 0 fully saturated rings. The minimum atomic E-state index is -4.57. The van der Waals surface area contributed by atoms with E-state index in [1.54, 1.807) is 0 Å². The molecule has 2 nitrogen and oxygen atoms in total. The topological polar surface area (TPSA) is 44.0 Å². The van der Waals surface area contributed by atoms with E-state index in [2.05, 4.69) is 11.8 Å². The summed E-state index contributed by atoms with van der Waals surface area (Å²) in [6.07, 6.45) is -4.37. The number of aliphatic hydroxyl groups is 1. The molecule has 1 N–H and O–H groups in total. The largest absolute Gasteiger partial charge is 0.417 e. The van der Waals surface area contributed by atoms with Gasteiger partial charge in [0, 0.05) is 12.0 Å². The van der Waals surface area contributed by atoms with Gasteiger partial charge in [0.05, 0.1) is 23.8 Å². The van der Waals surface area contributed by atoms with Crippen molar-refractivity contribution in [2.45, 2.75) is 12.6 Å². The van der Waals surface area contributed by atoms with Gasteiger partial charge in [0.15, 0.2) is 0 Å². The van der Waals surface area contributed by atoms with Gasteiger partial charge in [0.2, 0.25) is 0 Å². The van der Waals surface area contributed by atoms with Crippen LogP contribution >= 0.6 is 0 Å². The van der Waals surface area contributed by atoms with Crippen LogP contribution in [0, 0.1) is 23.2 Å². The molecule has 1 rings (SSSR count). The fourth-order valence-electron chi connectivity index (χ4n) is 1.17. The molecule has 0 saturated heterocycles. The van der Waals surface area contributed by atoms with Gasteiger partial charge in [-0.1, -0.05) is 11.8 Å². The maximum absolute atomic E-state index is 12.6. The Balaban J connectivity index is 3.17. The first-order valence-electron chi connectivity index (χ1n) is 4.70. The van der Waals surface area contributed by atoms with Crippen molar-refractivity contribution < 1.29 is 18.3 Å². The summed E-state index contributed by atoms with van der Waals surface area (Å²) in [6, 6.07) is 4.76. The zero-order valence-electron chi connectivity index (χ0n) is 8.67. The molecule has 5 heteroatoms. The molecule has 0 atom stereocenters. The Morgan fingerprint density at radius 3 is 2.53 bits per heavy atom. The van der Waals surface area contributed by atoms with Gasteiger partial charge in [-0.2, -0.15) is 18.4 Å². The lowest BCUT2D eigenvalue weighted by Gasteiger charge is -2.08. The van der Waals surface area contributed by atoms with E-state index in [9.17, 15) is 13.2 Å². The second kappa shape index (κ2) is 5.38. The van der Waals surface area contributed by atoms with Crippen LogP contribution in [0.1, 0.15) is 23.1 Å². The van der Waals surface area contributed by atoms with Crippen molar-refractivity contribution in [3.63, 3.8) is 0 Å². The van der Waals surface area contributed by atoms with Gasteiger partial charge >= 0.3 is 6.18 Å². The number of hydrogen-bond acceptors (Lipinski definition) is 2. The summed E-state index contributed by atoms with van der Waals surface area (Å²) in [5, 5.41) is 17.1. The van der Waals surface area contributed by atoms with Crippen molar-refractivity contribution in [3.8, 4) is 17.9 Å². The molecule has 0 unspecified atom stereocenters. The molecule has 0 aliphatic heterocycles. The first-order valence-corrected chi connectivity index (χ1v) is 4.70. The fourth-order valence-corrected chi connectivity index (χ4v) is 1.17. The van der Waals surface area contributed by atoms with E-state index in [4.69, 9.17) is 10.4 Å². The van der Waals surface area contributed by atoms with Gasteiger partial charge < -0.3 is 5.11 Å². The smallest absolute Gasteiger partial charge is 0.395 e. The Hall–Kier alpha value is -1.98. The number of nitrogens with zero attached hydrogens (tertiary/aromatic N) is 1. The zero-order chi connectivity index (χ0) is 12.9. The zero-order valence-corrected chi connectivity index (χ0v) is 8.67. The molecule has 0 bridgehead atoms. The highest BCUT2D eigenvalue weighted by Gasteiger charge is 2.33. The summed E-state index contributed by atoms with van der Waals surface area (Å²) >= 11 is 0. The highest BCUT2D eigenvalue weighted by Crippen LogP contribution is 2.32. The minimum Gasteiger partial charge on any atom is -0.395 e. The number of alkyl halides is 3. The number of benzene rings is 1. The third kappa shape index (κ3) is 3.51. The first kappa shape index (κ1) is 13.1. The van der Waals surface area contributed by atoms with Gasteiger partial charge in [-0.15, -0.1) is 0 Å². The van der Waals surface area contributed by atoms with Gasteiger partial charge in [0.1, 0.15) is 0 Å². The van der Waals surface area contributed by atoms with Crippen molar-refractivity contribution in [3.05, 3.63) is 34.9 Å². The molecule has 0 heterocycles. The molecule has 1 aromatic rings. The Morgan fingerprint density at radius 2 is 2.00 bits per heavy atom. The number of hydrogen-bond donors (Lipinski definition) is 1. The average molecular weight is 239 g/mol. The fraction of sp³-hybridized carbons (Fsp3) is 0.250. The molecule has 0 aromatic heterocycles. The quantitative estimate of drug-likeness (QED) is 0.764. The Bertz CT molecular complexity index is 503. The number of aliphatic hydroxyl groups excluding tert-OH is 1. The van der Waals surface area contributed by atoms with Gasteiger partial charge in [-0.05, 0) is 18.2 Å². The molecular formula is C12H8F3NO. The molecule has 0 saturated carbocycles. The predicted molar refractivity (Wildman–Crippen MR) is 54.7 cm³/mol. The van der Waals surface area contributed by atoms with Crippen LogP contribution < -0.4 is 0 Å². The van der Waals surface area contributed by atoms with Gasteiger partial charge in [-0.3, -0.25) is 0 Å². The van der Waals surface area contributed by atoms with Crippen LogP contribution in [-0.2, 0) is 6.18 Å². The SMILES string of the molecule is N#Cc1ccc(C#CCCO)cc1C(F)(F)F. The van der Waals surface area contributed by atoms with Crippen LogP contribution in [0.15, 0.2) is 18.2 Å². The molecule has 17 heavy (non-hydrogen) atoms. The second-order valence-corrected chi connectivity index (χ2v) is 3.15. The van der Waals surface area contributed by atoms with Gasteiger partial charge in [0.25, 0.3) is 0 Å². The maximum Gasteiger partial charge on any atom is 0.417 e. The minimum absolute atomic E-state index is 0.143. The maximum atomic E-state index is 12.6. The van der Waals surface area contributed by atoms with E-state index < -0.39 is 17.3 Å². The lowest BCUT2D eigenvalue weighted by Crippen LogP contribution is -2.08. The summed E-state index contributed by atoms with van der Waals surface area (Å²) in [4.78, 5) is 0. The van der Waals surface area contributed by atoms with E-state index in [-0.39, 0.29) is 18.6 Å². The lowest BCUT2D eigenvalue weighted by atomic mass is 10.0. The monoisotopic (exact) mass is 239 g/mol. The Morgan fingerprint density at radius 1 is 1.29 bits per heavy atom. The molecule has 1 aromatic carbocycles. The van der Waals surface area contributed by atoms with Crippen LogP contribution in [-0.4, -0.2) is 11.7 Å². The Labute approximate surface area is 96.3 Å². The summed E-state index contributed by atoms with van der Waals surface area (Å²) in [7, 11) is 0. The molecule has 0 aliphatic carbocycles. The third-order valence-electron chi connectivity index (χ3n) is 1.91. The molecule has 88 valence electrons. The van der Waals surface area contributed by atoms with Crippen LogP contribution in [0.5, 0.6) is 0 Å². The summed E-state index contributed by atoms with van der Waals surface area (Å²) in [5.41, 5.74) is -1.24. The first-order chi connectivity index (χ1) is 7.99. The molecule has 0 amide bonds. The molecule has 0 radical (unpaired) electrons. The Kier molecular flexibility index (Phi) is 4.14. The summed E-state index contributed by atoms with van der Waals surface area (Å²) < 4.78 is 37.7. The van der Waals surface area contributed by atoms with Crippen LogP contribution in [0.4, 0.5) is 13.2 Å². The van der Waals surface area contributed by atoms with E-state index in [0.717, 1.165) is 12.1 Å². The molecule has 0 aliphatic rings. The normalized spacial score (nSPS) is 10.3. The van der Waals surface area contributed by atoms with Gasteiger partial charge in [-0.25, -0.2) is 0 Å². The molecule has 0 spiro atoms. The number of rotatable bonds is 1. The average Bonchev–Trinajstić information content (AvgIpc) is 2.28. The van der Waals surface area contributed by atoms with E-state index in [1.165, 1.54) is 12.1 Å². The van der Waals surface area contributed by atoms with Crippen molar-refractivity contribution >= 4 is 0 Å². The van der Waals surface area contributed by atoms with Crippen LogP contribution in [0.3, 0.4) is 0 Å². The van der Waals surface area contributed by atoms with Crippen LogP contribution in [0.2, 0.25) is 0 Å². The second-order valence-electron chi connectivity index (χ2n) is 3.15. The van der Waals surface area contributed by atoms with E-state index in [0.29, 0.717) is 0 Å². The van der Waals surface area contributed by atoms with E-state index in [1.807, 2.05) is 0 Å². The molecular weight excluding hydrogens is 231 g/mol. The van der Waals surface area contributed by atoms with Crippen molar-refractivity contribution in [2.24, 2.45) is 0 Å². The standard InChI is InChI=1S/C12H8F3NO/c13-12(14,15)11-7-9(3-1-2-6-17)4-5-10(11)8-16/h4-5,7,17H,2,6H2. The third-order valence-corrected chi connectivity index (χ3v) is 1.91. The lowest BCUT2D eigenvalue weighted by molar-refractivity contribution is -0.137. The van der Waals surface area contributed by atoms with E-state index >= 15 is 0 Å². The summed E-state index contributed by atoms with van der Waals surface area (Å²) in [6.45, 7) is -0.143. The number of halogens is 3. The van der Waals surface area contributed by atoms with Crippen LogP contribution in [0.25, 0.3) is 0 Å². The summed E-state index contributed by atoms with van der Waals surface area (Å²) in [5.74, 6) is 5.01.